The van der Waals surface area contributed by atoms with Crippen molar-refractivity contribution in [1.82, 2.24) is 14.5 Å². The minimum atomic E-state index is -3.84. The third-order valence-electron chi connectivity index (χ3n) is 3.61. The standard InChI is InChI=1S/C16H23N3O5S2/c1-4-7-18-9-13(24-16(21)17-12(2)3)10-19(11-14(18)20)26(22,23)15-6-5-8-25-15/h4-6,8,12-13H,1,7,9-11H2,2-3H3,(H,17,21). The zero-order valence-corrected chi connectivity index (χ0v) is 16.4. The van der Waals surface area contributed by atoms with Gasteiger partial charge in [0.15, 0.2) is 0 Å². The lowest BCUT2D eigenvalue weighted by Crippen LogP contribution is -2.42. The molecular weight excluding hydrogens is 378 g/mol. The summed E-state index contributed by atoms with van der Waals surface area (Å²) in [6, 6.07) is 2.99. The third kappa shape index (κ3) is 5.05. The Morgan fingerprint density at radius 3 is 2.81 bits per heavy atom. The van der Waals surface area contributed by atoms with Gasteiger partial charge >= 0.3 is 6.09 Å². The molecule has 26 heavy (non-hydrogen) atoms. The van der Waals surface area contributed by atoms with Crippen LogP contribution in [0.2, 0.25) is 0 Å². The Hall–Kier alpha value is -1.91. The number of hydrogen-bond donors (Lipinski definition) is 1. The number of rotatable bonds is 6. The number of alkyl carbamates (subject to hydrolysis) is 1. The van der Waals surface area contributed by atoms with Crippen molar-refractivity contribution in [3.63, 3.8) is 0 Å². The molecule has 144 valence electrons. The van der Waals surface area contributed by atoms with Gasteiger partial charge in [0.1, 0.15) is 10.3 Å². The van der Waals surface area contributed by atoms with Crippen molar-refractivity contribution in [2.75, 3.05) is 26.2 Å². The molecule has 0 aliphatic carbocycles. The molecule has 0 bridgehead atoms. The molecule has 10 heteroatoms. The number of amides is 2. The van der Waals surface area contributed by atoms with Gasteiger partial charge in [0, 0.05) is 12.6 Å². The highest BCUT2D eigenvalue weighted by molar-refractivity contribution is 7.91. The number of nitrogens with one attached hydrogen (secondary N) is 1. The second kappa shape index (κ2) is 8.65. The van der Waals surface area contributed by atoms with Crippen molar-refractivity contribution in [2.45, 2.75) is 30.2 Å². The fourth-order valence-electron chi connectivity index (χ4n) is 2.50. The average Bonchev–Trinajstić information content (AvgIpc) is 3.03. The first-order chi connectivity index (χ1) is 12.2. The maximum absolute atomic E-state index is 12.8. The van der Waals surface area contributed by atoms with Crippen molar-refractivity contribution in [1.29, 1.82) is 0 Å². The van der Waals surface area contributed by atoms with Gasteiger partial charge in [0.2, 0.25) is 5.91 Å². The molecule has 0 saturated carbocycles. The summed E-state index contributed by atoms with van der Waals surface area (Å²) in [6.45, 7) is 7.14. The average molecular weight is 402 g/mol. The zero-order valence-electron chi connectivity index (χ0n) is 14.8. The Kier molecular flexibility index (Phi) is 6.79. The van der Waals surface area contributed by atoms with Crippen LogP contribution in [0.5, 0.6) is 0 Å². The molecule has 1 aromatic heterocycles. The third-order valence-corrected chi connectivity index (χ3v) is 6.80. The lowest BCUT2D eigenvalue weighted by Gasteiger charge is -2.24. The van der Waals surface area contributed by atoms with Gasteiger partial charge in [-0.05, 0) is 25.3 Å². The van der Waals surface area contributed by atoms with Crippen LogP contribution in [0.3, 0.4) is 0 Å². The van der Waals surface area contributed by atoms with Gasteiger partial charge < -0.3 is 15.0 Å². The number of nitrogens with zero attached hydrogens (tertiary/aromatic N) is 2. The summed E-state index contributed by atoms with van der Waals surface area (Å²) < 4.78 is 32.2. The topological polar surface area (TPSA) is 96.0 Å². The van der Waals surface area contributed by atoms with E-state index < -0.39 is 22.2 Å². The predicted octanol–water partition coefficient (Wildman–Crippen LogP) is 1.27. The minimum Gasteiger partial charge on any atom is -0.443 e. The van der Waals surface area contributed by atoms with E-state index in [2.05, 4.69) is 11.9 Å². The highest BCUT2D eigenvalue weighted by Crippen LogP contribution is 2.23. The SMILES string of the molecule is C=CCN1CC(OC(=O)NC(C)C)CN(S(=O)(=O)c2cccs2)CC1=O. The first-order valence-electron chi connectivity index (χ1n) is 8.13. The van der Waals surface area contributed by atoms with Crippen molar-refractivity contribution in [2.24, 2.45) is 0 Å². The summed E-state index contributed by atoms with van der Waals surface area (Å²) in [7, 11) is -3.84. The molecule has 0 spiro atoms. The van der Waals surface area contributed by atoms with E-state index >= 15 is 0 Å². The van der Waals surface area contributed by atoms with Gasteiger partial charge in [-0.1, -0.05) is 12.1 Å². The molecule has 8 nitrogen and oxygen atoms in total. The van der Waals surface area contributed by atoms with Crippen LogP contribution in [0.25, 0.3) is 0 Å². The van der Waals surface area contributed by atoms with Crippen LogP contribution < -0.4 is 5.32 Å². The quantitative estimate of drug-likeness (QED) is 0.724. The van der Waals surface area contributed by atoms with Crippen LogP contribution in [-0.4, -0.2) is 67.9 Å². The molecule has 0 radical (unpaired) electrons. The van der Waals surface area contributed by atoms with E-state index in [1.54, 1.807) is 31.4 Å². The first-order valence-corrected chi connectivity index (χ1v) is 10.5. The molecule has 1 N–H and O–H groups in total. The molecule has 2 amide bonds. The largest absolute Gasteiger partial charge is 0.443 e. The van der Waals surface area contributed by atoms with E-state index in [-0.39, 0.29) is 42.3 Å². The monoisotopic (exact) mass is 401 g/mol. The van der Waals surface area contributed by atoms with Crippen LogP contribution in [0.15, 0.2) is 34.4 Å². The number of sulfonamides is 1. The Morgan fingerprint density at radius 1 is 1.50 bits per heavy atom. The second-order valence-electron chi connectivity index (χ2n) is 6.14. The summed E-state index contributed by atoms with van der Waals surface area (Å²) >= 11 is 1.08. The summed E-state index contributed by atoms with van der Waals surface area (Å²) in [5.74, 6) is -0.361. The molecule has 1 unspecified atom stereocenters. The van der Waals surface area contributed by atoms with Gasteiger partial charge in [-0.3, -0.25) is 4.79 Å². The van der Waals surface area contributed by atoms with Gasteiger partial charge in [-0.25, -0.2) is 13.2 Å². The highest BCUT2D eigenvalue weighted by Gasteiger charge is 2.36. The Labute approximate surface area is 157 Å². The fourth-order valence-corrected chi connectivity index (χ4v) is 5.06. The van der Waals surface area contributed by atoms with E-state index in [0.717, 1.165) is 15.6 Å². The molecule has 1 aliphatic rings. The Morgan fingerprint density at radius 2 is 2.23 bits per heavy atom. The first kappa shape index (κ1) is 20.4. The summed E-state index contributed by atoms with van der Waals surface area (Å²) in [5.41, 5.74) is 0. The van der Waals surface area contributed by atoms with Crippen molar-refractivity contribution in [3.05, 3.63) is 30.2 Å². The van der Waals surface area contributed by atoms with E-state index in [9.17, 15) is 18.0 Å². The molecule has 1 saturated heterocycles. The van der Waals surface area contributed by atoms with Crippen molar-refractivity contribution >= 4 is 33.4 Å². The molecule has 1 fully saturated rings. The van der Waals surface area contributed by atoms with Crippen molar-refractivity contribution in [3.8, 4) is 0 Å². The second-order valence-corrected chi connectivity index (χ2v) is 9.26. The van der Waals surface area contributed by atoms with Crippen molar-refractivity contribution < 1.29 is 22.7 Å². The summed E-state index contributed by atoms with van der Waals surface area (Å²) in [6.07, 6.45) is 0.119. The molecule has 2 heterocycles. The minimum absolute atomic E-state index is 0.0921. The number of ether oxygens (including phenoxy) is 1. The van der Waals surface area contributed by atoms with Crippen LogP contribution in [0.4, 0.5) is 4.79 Å². The predicted molar refractivity (Wildman–Crippen MR) is 98.4 cm³/mol. The van der Waals surface area contributed by atoms with Crippen LogP contribution >= 0.6 is 11.3 Å². The van der Waals surface area contributed by atoms with E-state index in [1.165, 1.54) is 11.0 Å². The van der Waals surface area contributed by atoms with Gasteiger partial charge in [0.25, 0.3) is 10.0 Å². The van der Waals surface area contributed by atoms with Crippen LogP contribution in [0, 0.1) is 0 Å². The lowest BCUT2D eigenvalue weighted by molar-refractivity contribution is -0.130. The number of thiophene rings is 1. The van der Waals surface area contributed by atoms with Crippen LogP contribution in [0.1, 0.15) is 13.8 Å². The van der Waals surface area contributed by atoms with Gasteiger partial charge in [-0.2, -0.15) is 4.31 Å². The molecule has 1 aromatic rings. The van der Waals surface area contributed by atoms with E-state index in [1.807, 2.05) is 0 Å². The normalized spacial score (nSPS) is 19.3. The number of hydrogen-bond acceptors (Lipinski definition) is 6. The molecule has 1 atom stereocenters. The van der Waals surface area contributed by atoms with E-state index in [0.29, 0.717) is 0 Å². The molecule has 1 aliphatic heterocycles. The highest BCUT2D eigenvalue weighted by atomic mass is 32.2. The zero-order chi connectivity index (χ0) is 19.3. The molecule has 2 rings (SSSR count). The summed E-state index contributed by atoms with van der Waals surface area (Å²) in [5, 5.41) is 4.25. The Bertz CT molecular complexity index is 746. The fraction of sp³-hybridized carbons (Fsp3) is 0.500. The lowest BCUT2D eigenvalue weighted by atomic mass is 10.3. The van der Waals surface area contributed by atoms with Gasteiger partial charge in [-0.15, -0.1) is 17.9 Å². The smallest absolute Gasteiger partial charge is 0.407 e. The maximum atomic E-state index is 12.8. The summed E-state index contributed by atoms with van der Waals surface area (Å²) in [4.78, 5) is 25.8. The van der Waals surface area contributed by atoms with E-state index in [4.69, 9.17) is 4.74 Å². The maximum Gasteiger partial charge on any atom is 0.407 e. The van der Waals surface area contributed by atoms with Crippen LogP contribution in [-0.2, 0) is 19.6 Å². The Balaban J connectivity index is 2.25. The molecular formula is C16H23N3O5S2. The number of carbonyl (C=O) groups excluding carboxylic acids is 2. The molecule has 0 aromatic carbocycles. The number of carbonyl (C=O) groups is 2. The van der Waals surface area contributed by atoms with Gasteiger partial charge in [0.05, 0.1) is 19.6 Å².